The van der Waals surface area contributed by atoms with Gasteiger partial charge in [0.15, 0.2) is 9.84 Å². The molecule has 0 saturated carbocycles. The van der Waals surface area contributed by atoms with Gasteiger partial charge in [0.05, 0.1) is 11.0 Å². The molecule has 26 heavy (non-hydrogen) atoms. The van der Waals surface area contributed by atoms with Crippen LogP contribution in [0.25, 0.3) is 0 Å². The Morgan fingerprint density at radius 2 is 2.00 bits per heavy atom. The van der Waals surface area contributed by atoms with E-state index >= 15 is 0 Å². The second-order valence-electron chi connectivity index (χ2n) is 7.75. The molecular weight excluding hydrogens is 352 g/mol. The minimum atomic E-state index is -3.19. The number of nitrogens with zero attached hydrogens (tertiary/aromatic N) is 3. The number of hydrogen-bond acceptors (Lipinski definition) is 6. The van der Waals surface area contributed by atoms with E-state index in [0.717, 1.165) is 12.0 Å². The van der Waals surface area contributed by atoms with Crippen LogP contribution in [-0.2, 0) is 21.1 Å². The molecule has 144 valence electrons. The lowest BCUT2D eigenvalue weighted by Crippen LogP contribution is -2.47. The van der Waals surface area contributed by atoms with E-state index in [4.69, 9.17) is 0 Å². The molecule has 1 aromatic rings. The van der Waals surface area contributed by atoms with Gasteiger partial charge in [0.1, 0.15) is 0 Å². The van der Waals surface area contributed by atoms with Crippen LogP contribution in [-0.4, -0.2) is 54.9 Å². The van der Waals surface area contributed by atoms with Crippen LogP contribution in [0.15, 0.2) is 12.4 Å². The summed E-state index contributed by atoms with van der Waals surface area (Å²) in [6, 6.07) is 0. The highest BCUT2D eigenvalue weighted by molar-refractivity contribution is 7.92. The Morgan fingerprint density at radius 1 is 1.31 bits per heavy atom. The maximum absolute atomic E-state index is 12.6. The van der Waals surface area contributed by atoms with E-state index in [1.54, 1.807) is 12.4 Å². The number of amides is 1. The molecule has 1 amide bonds. The first kappa shape index (κ1) is 19.1. The van der Waals surface area contributed by atoms with Gasteiger partial charge in [-0.3, -0.25) is 4.79 Å². The van der Waals surface area contributed by atoms with Crippen LogP contribution >= 0.6 is 0 Å². The van der Waals surface area contributed by atoms with Crippen molar-refractivity contribution in [2.45, 2.75) is 38.9 Å². The van der Waals surface area contributed by atoms with Gasteiger partial charge in [0.2, 0.25) is 11.9 Å². The molecule has 2 aliphatic rings. The molecule has 7 nitrogen and oxygen atoms in total. The minimum Gasteiger partial charge on any atom is -0.356 e. The first-order valence-electron chi connectivity index (χ1n) is 9.37. The molecule has 2 fully saturated rings. The average Bonchev–Trinajstić information content (AvgIpc) is 3.06. The fraction of sp³-hybridized carbons (Fsp3) is 0.722. The zero-order chi connectivity index (χ0) is 18.9. The molecule has 3 rings (SSSR count). The zero-order valence-electron chi connectivity index (χ0n) is 15.7. The van der Waals surface area contributed by atoms with Gasteiger partial charge < -0.3 is 10.2 Å². The van der Waals surface area contributed by atoms with Gasteiger partial charge in [-0.25, -0.2) is 18.4 Å². The summed E-state index contributed by atoms with van der Waals surface area (Å²) in [6.07, 6.45) is 4.83. The minimum absolute atomic E-state index is 0.0206. The molecule has 1 N–H and O–H groups in total. The van der Waals surface area contributed by atoms with Gasteiger partial charge in [0.25, 0.3) is 0 Å². The van der Waals surface area contributed by atoms with Crippen LogP contribution in [0.4, 0.5) is 5.95 Å². The van der Waals surface area contributed by atoms with E-state index in [-0.39, 0.29) is 23.5 Å². The Morgan fingerprint density at radius 3 is 2.62 bits per heavy atom. The summed E-state index contributed by atoms with van der Waals surface area (Å²) >= 11 is 0. The number of carbonyl (C=O) groups is 1. The van der Waals surface area contributed by atoms with E-state index in [1.807, 2.05) is 25.7 Å². The third-order valence-electron chi connectivity index (χ3n) is 5.40. The summed E-state index contributed by atoms with van der Waals surface area (Å²) in [7, 11) is -3.19. The van der Waals surface area contributed by atoms with Gasteiger partial charge in [0, 0.05) is 43.9 Å². The van der Waals surface area contributed by atoms with Gasteiger partial charge in [-0.05, 0) is 24.3 Å². The van der Waals surface area contributed by atoms with Crippen LogP contribution in [0.1, 0.15) is 32.8 Å². The van der Waals surface area contributed by atoms with Crippen molar-refractivity contribution in [3.63, 3.8) is 0 Å². The molecule has 0 aliphatic carbocycles. The molecule has 0 spiro atoms. The van der Waals surface area contributed by atoms with Crippen molar-refractivity contribution in [3.05, 3.63) is 18.0 Å². The monoisotopic (exact) mass is 380 g/mol. The molecular formula is C18H28N4O3S. The molecule has 0 bridgehead atoms. The lowest BCUT2D eigenvalue weighted by Gasteiger charge is -2.31. The number of rotatable bonds is 5. The number of nitrogens with one attached hydrogen (secondary N) is 1. The molecule has 0 radical (unpaired) electrons. The summed E-state index contributed by atoms with van der Waals surface area (Å²) in [5.41, 5.74) is 1.05. The third kappa shape index (κ3) is 3.84. The Kier molecular flexibility index (Phi) is 5.50. The lowest BCUT2D eigenvalue weighted by atomic mass is 9.87. The van der Waals surface area contributed by atoms with Crippen molar-refractivity contribution in [2.75, 3.05) is 30.3 Å². The molecule has 8 heteroatoms. The predicted molar refractivity (Wildman–Crippen MR) is 101 cm³/mol. The molecule has 3 atom stereocenters. The summed E-state index contributed by atoms with van der Waals surface area (Å²) in [5.74, 6) is 0.517. The number of anilines is 1. The summed E-state index contributed by atoms with van der Waals surface area (Å²) < 4.78 is 25.2. The van der Waals surface area contributed by atoms with Crippen molar-refractivity contribution < 1.29 is 13.2 Å². The smallest absolute Gasteiger partial charge is 0.225 e. The molecule has 1 aromatic heterocycles. The number of aryl methyl sites for hydroxylation is 1. The second-order valence-corrected chi connectivity index (χ2v) is 10.1. The molecule has 2 aliphatic heterocycles. The van der Waals surface area contributed by atoms with Crippen molar-refractivity contribution >= 4 is 21.7 Å². The maximum atomic E-state index is 12.6. The number of aromatic nitrogens is 2. The van der Waals surface area contributed by atoms with Gasteiger partial charge in [-0.2, -0.15) is 0 Å². The Labute approximate surface area is 155 Å². The number of sulfone groups is 1. The van der Waals surface area contributed by atoms with E-state index < -0.39 is 15.1 Å². The first-order chi connectivity index (χ1) is 12.3. The number of fused-ring (bicyclic) bond motifs is 1. The van der Waals surface area contributed by atoms with Crippen molar-refractivity contribution in [2.24, 2.45) is 17.8 Å². The van der Waals surface area contributed by atoms with Crippen LogP contribution < -0.4 is 10.2 Å². The Hall–Kier alpha value is -1.70. The number of carbonyl (C=O) groups excluding carboxylic acids is 1. The third-order valence-corrected chi connectivity index (χ3v) is 7.63. The highest BCUT2D eigenvalue weighted by Gasteiger charge is 2.50. The maximum Gasteiger partial charge on any atom is 0.225 e. The van der Waals surface area contributed by atoms with Crippen LogP contribution in [0, 0.1) is 17.8 Å². The Bertz CT molecular complexity index is 748. The fourth-order valence-corrected chi connectivity index (χ4v) is 5.94. The average molecular weight is 381 g/mol. The quantitative estimate of drug-likeness (QED) is 0.821. The fourth-order valence-electron chi connectivity index (χ4n) is 3.84. The van der Waals surface area contributed by atoms with E-state index in [1.165, 1.54) is 0 Å². The van der Waals surface area contributed by atoms with Crippen molar-refractivity contribution in [1.29, 1.82) is 0 Å². The summed E-state index contributed by atoms with van der Waals surface area (Å²) in [5, 5.41) is 2.46. The molecule has 0 aromatic carbocycles. The highest BCUT2D eigenvalue weighted by atomic mass is 32.2. The van der Waals surface area contributed by atoms with Gasteiger partial charge in [-0.15, -0.1) is 0 Å². The normalized spacial score (nSPS) is 27.4. The van der Waals surface area contributed by atoms with Crippen LogP contribution in [0.2, 0.25) is 0 Å². The lowest BCUT2D eigenvalue weighted by molar-refractivity contribution is -0.126. The molecule has 2 saturated heterocycles. The molecule has 3 heterocycles. The number of hydrogen-bond donors (Lipinski definition) is 1. The Balaban J connectivity index is 1.78. The zero-order valence-corrected chi connectivity index (χ0v) is 16.5. The first-order valence-corrected chi connectivity index (χ1v) is 11.1. The molecule has 0 unspecified atom stereocenters. The van der Waals surface area contributed by atoms with Crippen LogP contribution in [0.3, 0.4) is 0 Å². The van der Waals surface area contributed by atoms with Crippen molar-refractivity contribution in [3.8, 4) is 0 Å². The summed E-state index contributed by atoms with van der Waals surface area (Å²) in [6.45, 7) is 7.62. The van der Waals surface area contributed by atoms with E-state index in [0.29, 0.717) is 37.9 Å². The van der Waals surface area contributed by atoms with Crippen molar-refractivity contribution in [1.82, 2.24) is 15.3 Å². The highest BCUT2D eigenvalue weighted by Crippen LogP contribution is 2.38. The standard InChI is InChI=1S/C18H28N4O3S/c1-4-13-8-20-18(21-9-13)22-10-15-14(17(23)19-7-12(2)3)5-6-26(24,25)16(15)11-22/h8-9,12,14-16H,4-7,10-11H2,1-3H3,(H,19,23)/t14-,15+,16+/m0/s1. The van der Waals surface area contributed by atoms with Crippen LogP contribution in [0.5, 0.6) is 0 Å². The van der Waals surface area contributed by atoms with E-state index in [2.05, 4.69) is 15.3 Å². The van der Waals surface area contributed by atoms with E-state index in [9.17, 15) is 13.2 Å². The SMILES string of the molecule is CCc1cnc(N2C[C@@H]3[C@@H](C(=O)NCC(C)C)CCS(=O)(=O)[C@@H]3C2)nc1. The topological polar surface area (TPSA) is 92.3 Å². The van der Waals surface area contributed by atoms with Gasteiger partial charge in [-0.1, -0.05) is 20.8 Å². The predicted octanol–water partition coefficient (Wildman–Crippen LogP) is 1.05. The van der Waals surface area contributed by atoms with Gasteiger partial charge >= 0.3 is 0 Å². The summed E-state index contributed by atoms with van der Waals surface area (Å²) in [4.78, 5) is 23.3. The second kappa shape index (κ2) is 7.50. The largest absolute Gasteiger partial charge is 0.356 e.